The molecule has 27 heavy (non-hydrogen) atoms. The number of carbonyl (C=O) groups is 1. The molecule has 0 atom stereocenters. The zero-order valence-electron chi connectivity index (χ0n) is 15.1. The maximum absolute atomic E-state index is 12.2. The Labute approximate surface area is 162 Å². The van der Waals surface area contributed by atoms with Gasteiger partial charge in [0.1, 0.15) is 0 Å². The van der Waals surface area contributed by atoms with Gasteiger partial charge in [-0.05, 0) is 30.8 Å². The summed E-state index contributed by atoms with van der Waals surface area (Å²) in [4.78, 5) is 19.8. The third-order valence-electron chi connectivity index (χ3n) is 4.78. The summed E-state index contributed by atoms with van der Waals surface area (Å²) in [7, 11) is 0. The molecule has 0 radical (unpaired) electrons. The summed E-state index contributed by atoms with van der Waals surface area (Å²) in [5.41, 5.74) is 1.63. The van der Waals surface area contributed by atoms with Crippen LogP contribution in [0.5, 0.6) is 0 Å². The molecule has 0 saturated carbocycles. The van der Waals surface area contributed by atoms with Crippen LogP contribution in [0, 0.1) is 0 Å². The van der Waals surface area contributed by atoms with E-state index in [1.165, 1.54) is 5.69 Å². The van der Waals surface area contributed by atoms with E-state index in [1.807, 2.05) is 30.0 Å². The van der Waals surface area contributed by atoms with Crippen LogP contribution in [0.2, 0.25) is 0 Å². The zero-order chi connectivity index (χ0) is 18.5. The standard InChI is InChI=1S/C19H23N5O2S/c25-19(16-11-17(26-22-16)18-5-4-10-27-18)21-6-2-1-3-7-23-8-9-24-14-20-12-15(24)13-23/h4-5,10-12,14H,1-3,6-9,13H2,(H,21,25). The van der Waals surface area contributed by atoms with E-state index >= 15 is 0 Å². The van der Waals surface area contributed by atoms with Gasteiger partial charge in [-0.3, -0.25) is 9.69 Å². The number of hydrogen-bond acceptors (Lipinski definition) is 6. The number of fused-ring (bicyclic) bond motifs is 1. The highest BCUT2D eigenvalue weighted by Crippen LogP contribution is 2.25. The van der Waals surface area contributed by atoms with Crippen LogP contribution in [0.25, 0.3) is 10.6 Å². The number of carbonyl (C=O) groups excluding carboxylic acids is 1. The second-order valence-corrected chi connectivity index (χ2v) is 7.67. The van der Waals surface area contributed by atoms with Crippen LogP contribution in [0.15, 0.2) is 40.6 Å². The molecule has 0 bridgehead atoms. The van der Waals surface area contributed by atoms with Crippen LogP contribution in [0.4, 0.5) is 0 Å². The summed E-state index contributed by atoms with van der Waals surface area (Å²) in [6.45, 7) is 4.84. The van der Waals surface area contributed by atoms with Gasteiger partial charge < -0.3 is 14.4 Å². The molecular weight excluding hydrogens is 362 g/mol. The van der Waals surface area contributed by atoms with E-state index in [-0.39, 0.29) is 5.91 Å². The quantitative estimate of drug-likeness (QED) is 0.603. The van der Waals surface area contributed by atoms with Crippen molar-refractivity contribution in [2.45, 2.75) is 32.4 Å². The van der Waals surface area contributed by atoms with Gasteiger partial charge in [0.15, 0.2) is 11.5 Å². The van der Waals surface area contributed by atoms with Gasteiger partial charge in [0.25, 0.3) is 5.91 Å². The fourth-order valence-electron chi connectivity index (χ4n) is 3.28. The highest BCUT2D eigenvalue weighted by Gasteiger charge is 2.15. The van der Waals surface area contributed by atoms with Crippen LogP contribution in [-0.4, -0.2) is 45.1 Å². The predicted molar refractivity (Wildman–Crippen MR) is 104 cm³/mol. The second kappa shape index (κ2) is 8.49. The van der Waals surface area contributed by atoms with Crippen LogP contribution in [0.3, 0.4) is 0 Å². The van der Waals surface area contributed by atoms with E-state index < -0.39 is 0 Å². The van der Waals surface area contributed by atoms with E-state index in [0.717, 1.165) is 50.3 Å². The molecule has 142 valence electrons. The fourth-order valence-corrected chi connectivity index (χ4v) is 3.95. The van der Waals surface area contributed by atoms with Crippen molar-refractivity contribution < 1.29 is 9.32 Å². The van der Waals surface area contributed by atoms with Crippen LogP contribution >= 0.6 is 11.3 Å². The first-order chi connectivity index (χ1) is 13.3. The maximum Gasteiger partial charge on any atom is 0.273 e. The minimum Gasteiger partial charge on any atom is -0.355 e. The number of rotatable bonds is 8. The van der Waals surface area contributed by atoms with Crippen molar-refractivity contribution in [1.29, 1.82) is 0 Å². The van der Waals surface area contributed by atoms with Crippen LogP contribution < -0.4 is 5.32 Å². The molecule has 4 rings (SSSR count). The molecule has 1 aliphatic rings. The first kappa shape index (κ1) is 17.9. The van der Waals surface area contributed by atoms with Crippen LogP contribution in [0.1, 0.15) is 35.4 Å². The molecular formula is C19H23N5O2S. The Morgan fingerprint density at radius 1 is 1.30 bits per heavy atom. The Balaban J connectivity index is 1.12. The van der Waals surface area contributed by atoms with Crippen molar-refractivity contribution in [1.82, 2.24) is 24.9 Å². The van der Waals surface area contributed by atoms with Gasteiger partial charge in [-0.15, -0.1) is 11.3 Å². The fraction of sp³-hybridized carbons (Fsp3) is 0.421. The van der Waals surface area contributed by atoms with E-state index in [9.17, 15) is 4.79 Å². The Morgan fingerprint density at radius 3 is 3.15 bits per heavy atom. The number of imidazole rings is 1. The Bertz CT molecular complexity index is 870. The van der Waals surface area contributed by atoms with Gasteiger partial charge in [0.2, 0.25) is 0 Å². The normalized spacial score (nSPS) is 14.2. The predicted octanol–water partition coefficient (Wildman–Crippen LogP) is 3.02. The molecule has 3 aromatic rings. The number of amides is 1. The molecule has 0 saturated heterocycles. The van der Waals surface area contributed by atoms with Gasteiger partial charge in [0.05, 0.1) is 16.9 Å². The molecule has 0 unspecified atom stereocenters. The lowest BCUT2D eigenvalue weighted by Gasteiger charge is -2.27. The first-order valence-corrected chi connectivity index (χ1v) is 10.2. The SMILES string of the molecule is O=C(NCCCCCN1CCn2cncc2C1)c1cc(-c2cccs2)on1. The van der Waals surface area contributed by atoms with Crippen molar-refractivity contribution in [2.75, 3.05) is 19.6 Å². The summed E-state index contributed by atoms with van der Waals surface area (Å²) >= 11 is 1.56. The van der Waals surface area contributed by atoms with Crippen molar-refractivity contribution in [3.63, 3.8) is 0 Å². The zero-order valence-corrected chi connectivity index (χ0v) is 16.0. The van der Waals surface area contributed by atoms with Crippen molar-refractivity contribution in [3.05, 3.63) is 47.5 Å². The minimum absolute atomic E-state index is 0.175. The molecule has 4 heterocycles. The Hall–Kier alpha value is -2.45. The Morgan fingerprint density at radius 2 is 2.26 bits per heavy atom. The number of hydrogen-bond donors (Lipinski definition) is 1. The van der Waals surface area contributed by atoms with Crippen molar-refractivity contribution in [2.24, 2.45) is 0 Å². The lowest BCUT2D eigenvalue weighted by Crippen LogP contribution is -2.33. The lowest BCUT2D eigenvalue weighted by atomic mass is 10.2. The number of nitrogens with one attached hydrogen (secondary N) is 1. The van der Waals surface area contributed by atoms with E-state index in [1.54, 1.807) is 17.4 Å². The highest BCUT2D eigenvalue weighted by molar-refractivity contribution is 7.13. The number of nitrogens with zero attached hydrogens (tertiary/aromatic N) is 4. The second-order valence-electron chi connectivity index (χ2n) is 6.72. The summed E-state index contributed by atoms with van der Waals surface area (Å²) in [5, 5.41) is 8.76. The maximum atomic E-state index is 12.2. The van der Waals surface area contributed by atoms with Crippen molar-refractivity contribution >= 4 is 17.2 Å². The molecule has 8 heteroatoms. The van der Waals surface area contributed by atoms with Crippen molar-refractivity contribution in [3.8, 4) is 10.6 Å². The minimum atomic E-state index is -0.175. The first-order valence-electron chi connectivity index (χ1n) is 9.30. The molecule has 0 fully saturated rings. The third-order valence-corrected chi connectivity index (χ3v) is 5.67. The molecule has 3 aromatic heterocycles. The summed E-state index contributed by atoms with van der Waals surface area (Å²) < 4.78 is 7.47. The molecule has 7 nitrogen and oxygen atoms in total. The summed E-state index contributed by atoms with van der Waals surface area (Å²) in [5.74, 6) is 0.462. The number of aromatic nitrogens is 3. The lowest BCUT2D eigenvalue weighted by molar-refractivity contribution is 0.0944. The molecule has 1 N–H and O–H groups in total. The molecule has 0 aromatic carbocycles. The third kappa shape index (κ3) is 4.45. The van der Waals surface area contributed by atoms with Gasteiger partial charge >= 0.3 is 0 Å². The molecule has 0 spiro atoms. The van der Waals surface area contributed by atoms with Gasteiger partial charge in [-0.1, -0.05) is 17.6 Å². The Kier molecular flexibility index (Phi) is 5.64. The molecule has 1 amide bonds. The van der Waals surface area contributed by atoms with Gasteiger partial charge in [-0.2, -0.15) is 0 Å². The topological polar surface area (TPSA) is 76.2 Å². The average Bonchev–Trinajstić information content (AvgIpc) is 3.44. The van der Waals surface area contributed by atoms with Gasteiger partial charge in [-0.25, -0.2) is 4.98 Å². The van der Waals surface area contributed by atoms with E-state index in [2.05, 4.69) is 24.9 Å². The highest BCUT2D eigenvalue weighted by atomic mass is 32.1. The molecule has 0 aliphatic carbocycles. The van der Waals surface area contributed by atoms with E-state index in [4.69, 9.17) is 4.52 Å². The largest absolute Gasteiger partial charge is 0.355 e. The molecule has 1 aliphatic heterocycles. The monoisotopic (exact) mass is 385 g/mol. The number of unbranched alkanes of at least 4 members (excludes halogenated alkanes) is 2. The van der Waals surface area contributed by atoms with Crippen LogP contribution in [-0.2, 0) is 13.1 Å². The van der Waals surface area contributed by atoms with Gasteiger partial charge in [0, 0.05) is 38.4 Å². The number of thiophene rings is 1. The summed E-state index contributed by atoms with van der Waals surface area (Å²) in [6, 6.07) is 5.59. The smallest absolute Gasteiger partial charge is 0.273 e. The van der Waals surface area contributed by atoms with E-state index in [0.29, 0.717) is 18.0 Å². The average molecular weight is 385 g/mol. The summed E-state index contributed by atoms with van der Waals surface area (Å²) in [6.07, 6.45) is 7.06.